The first kappa shape index (κ1) is 16.4. The molecular formula is C17H23N5O2. The summed E-state index contributed by atoms with van der Waals surface area (Å²) in [5.74, 6) is -0.232. The number of imidazole rings is 1. The van der Waals surface area contributed by atoms with Gasteiger partial charge in [-0.05, 0) is 52.0 Å². The molecule has 0 aromatic carbocycles. The van der Waals surface area contributed by atoms with Crippen molar-refractivity contribution in [2.24, 2.45) is 0 Å². The number of hydrogen-bond acceptors (Lipinski definition) is 4. The molecule has 128 valence electrons. The van der Waals surface area contributed by atoms with Gasteiger partial charge in [-0.15, -0.1) is 0 Å². The molecule has 7 heteroatoms. The van der Waals surface area contributed by atoms with Gasteiger partial charge in [0.2, 0.25) is 5.82 Å². The summed E-state index contributed by atoms with van der Waals surface area (Å²) >= 11 is 0. The fraction of sp³-hybridized carbons (Fsp3) is 0.471. The molecule has 2 aromatic heterocycles. The van der Waals surface area contributed by atoms with Crippen molar-refractivity contribution in [3.63, 3.8) is 0 Å². The van der Waals surface area contributed by atoms with Crippen molar-refractivity contribution >= 4 is 17.3 Å². The number of carbonyl (C=O) groups excluding carboxylic acids is 2. The lowest BCUT2D eigenvalue weighted by molar-refractivity contribution is 0.0941. The average Bonchev–Trinajstić information content (AvgIpc) is 3.28. The number of carbonyl (C=O) groups is 2. The minimum atomic E-state index is -0.263. The Morgan fingerprint density at radius 2 is 2.08 bits per heavy atom. The lowest BCUT2D eigenvalue weighted by atomic mass is 10.3. The second-order valence-electron chi connectivity index (χ2n) is 6.40. The SMILES string of the molecule is CN(C)CCCNC(=O)c1nc(C(=O)NC2CC2)c2ccccn12. The molecule has 0 atom stereocenters. The van der Waals surface area contributed by atoms with E-state index in [4.69, 9.17) is 0 Å². The molecule has 24 heavy (non-hydrogen) atoms. The van der Waals surface area contributed by atoms with E-state index in [-0.39, 0.29) is 23.7 Å². The number of fused-ring (bicyclic) bond motifs is 1. The zero-order valence-electron chi connectivity index (χ0n) is 14.1. The lowest BCUT2D eigenvalue weighted by Gasteiger charge is -2.09. The van der Waals surface area contributed by atoms with E-state index in [0.29, 0.717) is 17.8 Å². The van der Waals surface area contributed by atoms with Crippen molar-refractivity contribution in [2.75, 3.05) is 27.2 Å². The van der Waals surface area contributed by atoms with Gasteiger partial charge in [-0.1, -0.05) is 6.07 Å². The van der Waals surface area contributed by atoms with Crippen LogP contribution in [0.4, 0.5) is 0 Å². The number of aromatic nitrogens is 2. The molecule has 2 amide bonds. The van der Waals surface area contributed by atoms with E-state index in [0.717, 1.165) is 25.8 Å². The van der Waals surface area contributed by atoms with E-state index >= 15 is 0 Å². The van der Waals surface area contributed by atoms with Crippen LogP contribution in [0.25, 0.3) is 5.52 Å². The van der Waals surface area contributed by atoms with Gasteiger partial charge in [-0.25, -0.2) is 4.98 Å². The second kappa shape index (κ2) is 7.00. The van der Waals surface area contributed by atoms with E-state index < -0.39 is 0 Å². The van der Waals surface area contributed by atoms with Crippen LogP contribution in [0.3, 0.4) is 0 Å². The van der Waals surface area contributed by atoms with Crippen molar-refractivity contribution in [1.82, 2.24) is 24.9 Å². The molecule has 1 aliphatic carbocycles. The minimum Gasteiger partial charge on any atom is -0.349 e. The highest BCUT2D eigenvalue weighted by atomic mass is 16.2. The Labute approximate surface area is 141 Å². The Kier molecular flexibility index (Phi) is 4.80. The Morgan fingerprint density at radius 1 is 1.29 bits per heavy atom. The summed E-state index contributed by atoms with van der Waals surface area (Å²) in [6.45, 7) is 1.47. The Bertz CT molecular complexity index is 749. The molecule has 0 aliphatic heterocycles. The van der Waals surface area contributed by atoms with Crippen LogP contribution in [-0.4, -0.2) is 59.3 Å². The van der Waals surface area contributed by atoms with Crippen LogP contribution in [0.1, 0.15) is 40.4 Å². The van der Waals surface area contributed by atoms with Gasteiger partial charge in [0.25, 0.3) is 11.8 Å². The van der Waals surface area contributed by atoms with Crippen LogP contribution in [0, 0.1) is 0 Å². The van der Waals surface area contributed by atoms with Crippen LogP contribution in [0.15, 0.2) is 24.4 Å². The monoisotopic (exact) mass is 329 g/mol. The van der Waals surface area contributed by atoms with Crippen LogP contribution in [0.5, 0.6) is 0 Å². The fourth-order valence-electron chi connectivity index (χ4n) is 2.52. The maximum absolute atomic E-state index is 12.4. The summed E-state index contributed by atoms with van der Waals surface area (Å²) in [7, 11) is 3.99. The predicted octanol–water partition coefficient (Wildman–Crippen LogP) is 0.908. The summed E-state index contributed by atoms with van der Waals surface area (Å²) in [5.41, 5.74) is 0.954. The summed E-state index contributed by atoms with van der Waals surface area (Å²) in [6, 6.07) is 5.71. The first-order valence-corrected chi connectivity index (χ1v) is 8.27. The molecule has 2 heterocycles. The highest BCUT2D eigenvalue weighted by Crippen LogP contribution is 2.20. The Balaban J connectivity index is 1.77. The standard InChI is InChI=1S/C17H23N5O2/c1-21(2)10-5-9-18-17(24)15-20-14(16(23)19-12-7-8-12)13-6-3-4-11-22(13)15/h3-4,6,11-12H,5,7-10H2,1-2H3,(H,18,24)(H,19,23). The van der Waals surface area contributed by atoms with Gasteiger partial charge in [-0.2, -0.15) is 0 Å². The molecule has 2 N–H and O–H groups in total. The van der Waals surface area contributed by atoms with E-state index in [1.54, 1.807) is 16.7 Å². The molecule has 2 aromatic rings. The summed E-state index contributed by atoms with van der Waals surface area (Å²) < 4.78 is 1.67. The Morgan fingerprint density at radius 3 is 2.79 bits per heavy atom. The van der Waals surface area contributed by atoms with E-state index in [2.05, 4.69) is 20.5 Å². The van der Waals surface area contributed by atoms with Gasteiger partial charge in [0, 0.05) is 18.8 Å². The van der Waals surface area contributed by atoms with Crippen LogP contribution in [-0.2, 0) is 0 Å². The molecule has 3 rings (SSSR count). The number of nitrogens with zero attached hydrogens (tertiary/aromatic N) is 3. The third kappa shape index (κ3) is 3.73. The van der Waals surface area contributed by atoms with Crippen molar-refractivity contribution in [1.29, 1.82) is 0 Å². The third-order valence-electron chi connectivity index (χ3n) is 3.95. The first-order chi connectivity index (χ1) is 11.6. The van der Waals surface area contributed by atoms with Crippen molar-refractivity contribution in [3.05, 3.63) is 35.9 Å². The highest BCUT2D eigenvalue weighted by molar-refractivity contribution is 6.02. The second-order valence-corrected chi connectivity index (χ2v) is 6.40. The molecule has 0 radical (unpaired) electrons. The van der Waals surface area contributed by atoms with E-state index in [1.807, 2.05) is 26.2 Å². The van der Waals surface area contributed by atoms with Gasteiger partial charge >= 0.3 is 0 Å². The van der Waals surface area contributed by atoms with Crippen molar-refractivity contribution in [3.8, 4) is 0 Å². The number of amides is 2. The van der Waals surface area contributed by atoms with Crippen LogP contribution in [0.2, 0.25) is 0 Å². The quantitative estimate of drug-likeness (QED) is 0.740. The predicted molar refractivity (Wildman–Crippen MR) is 91.2 cm³/mol. The van der Waals surface area contributed by atoms with E-state index in [9.17, 15) is 9.59 Å². The van der Waals surface area contributed by atoms with Crippen molar-refractivity contribution < 1.29 is 9.59 Å². The molecule has 0 unspecified atom stereocenters. The van der Waals surface area contributed by atoms with Gasteiger partial charge in [0.05, 0.1) is 5.52 Å². The molecular weight excluding hydrogens is 306 g/mol. The molecule has 0 spiro atoms. The summed E-state index contributed by atoms with van der Waals surface area (Å²) in [5, 5.41) is 5.80. The zero-order valence-corrected chi connectivity index (χ0v) is 14.1. The van der Waals surface area contributed by atoms with Crippen LogP contribution < -0.4 is 10.6 Å². The number of hydrogen-bond donors (Lipinski definition) is 2. The molecule has 0 saturated heterocycles. The van der Waals surface area contributed by atoms with Gasteiger partial charge in [0.1, 0.15) is 0 Å². The largest absolute Gasteiger partial charge is 0.349 e. The molecule has 7 nitrogen and oxygen atoms in total. The zero-order chi connectivity index (χ0) is 17.1. The highest BCUT2D eigenvalue weighted by Gasteiger charge is 2.27. The van der Waals surface area contributed by atoms with Gasteiger partial charge in [0.15, 0.2) is 5.69 Å². The summed E-state index contributed by atoms with van der Waals surface area (Å²) in [6.07, 6.45) is 4.63. The molecule has 0 bridgehead atoms. The maximum Gasteiger partial charge on any atom is 0.287 e. The lowest BCUT2D eigenvalue weighted by Crippen LogP contribution is -2.29. The normalized spacial score (nSPS) is 14.1. The number of nitrogens with one attached hydrogen (secondary N) is 2. The molecule has 1 saturated carbocycles. The smallest absolute Gasteiger partial charge is 0.287 e. The number of rotatable bonds is 7. The topological polar surface area (TPSA) is 78.7 Å². The maximum atomic E-state index is 12.4. The minimum absolute atomic E-state index is 0.215. The molecule has 1 aliphatic rings. The summed E-state index contributed by atoms with van der Waals surface area (Å²) in [4.78, 5) is 31.2. The van der Waals surface area contributed by atoms with E-state index in [1.165, 1.54) is 0 Å². The Hall–Kier alpha value is -2.41. The molecule has 1 fully saturated rings. The third-order valence-corrected chi connectivity index (χ3v) is 3.95. The van der Waals surface area contributed by atoms with Crippen molar-refractivity contribution in [2.45, 2.75) is 25.3 Å². The average molecular weight is 329 g/mol. The first-order valence-electron chi connectivity index (χ1n) is 8.27. The van der Waals surface area contributed by atoms with Gasteiger partial charge < -0.3 is 15.5 Å². The fourth-order valence-corrected chi connectivity index (χ4v) is 2.52. The van der Waals surface area contributed by atoms with Gasteiger partial charge in [-0.3, -0.25) is 14.0 Å². The van der Waals surface area contributed by atoms with Crippen LogP contribution >= 0.6 is 0 Å². The number of pyridine rings is 1.